The van der Waals surface area contributed by atoms with Crippen LogP contribution >= 0.6 is 0 Å². The van der Waals surface area contributed by atoms with E-state index in [1.807, 2.05) is 12.4 Å². The number of aryl methyl sites for hydroxylation is 1. The first kappa shape index (κ1) is 14.0. The Morgan fingerprint density at radius 1 is 1.05 bits per heavy atom. The molecule has 4 nitrogen and oxygen atoms in total. The summed E-state index contributed by atoms with van der Waals surface area (Å²) in [7, 11) is 1.69. The molecule has 0 radical (unpaired) electrons. The van der Waals surface area contributed by atoms with Crippen LogP contribution in [0.2, 0.25) is 0 Å². The molecule has 0 aliphatic rings. The summed E-state index contributed by atoms with van der Waals surface area (Å²) in [5, 5.41) is 0. The van der Waals surface area contributed by atoms with Gasteiger partial charge in [0.2, 0.25) is 0 Å². The molecule has 0 atom stereocenters. The molecular formula is C15H22N2O2. The van der Waals surface area contributed by atoms with E-state index in [1.54, 1.807) is 7.11 Å². The number of ether oxygens (including phenoxy) is 2. The molecule has 0 fully saturated rings. The van der Waals surface area contributed by atoms with Crippen molar-refractivity contribution in [1.82, 2.24) is 9.55 Å². The van der Waals surface area contributed by atoms with Gasteiger partial charge < -0.3 is 14.0 Å². The summed E-state index contributed by atoms with van der Waals surface area (Å²) in [5.41, 5.74) is 2.30. The van der Waals surface area contributed by atoms with Crippen LogP contribution in [0.4, 0.5) is 0 Å². The minimum atomic E-state index is 0.682. The number of imidazole rings is 1. The summed E-state index contributed by atoms with van der Waals surface area (Å²) in [6, 6.07) is 8.26. The van der Waals surface area contributed by atoms with Crippen molar-refractivity contribution >= 4 is 11.0 Å². The van der Waals surface area contributed by atoms with Gasteiger partial charge in [-0.1, -0.05) is 12.1 Å². The summed E-state index contributed by atoms with van der Waals surface area (Å²) >= 11 is 0. The Kier molecular flexibility index (Phi) is 5.85. The first-order chi connectivity index (χ1) is 9.42. The number of nitrogens with zero attached hydrogens (tertiary/aromatic N) is 2. The van der Waals surface area contributed by atoms with E-state index in [4.69, 9.17) is 9.47 Å². The quantitative estimate of drug-likeness (QED) is 0.652. The third-order valence-electron chi connectivity index (χ3n) is 3.15. The Balaban J connectivity index is 1.63. The van der Waals surface area contributed by atoms with Crippen LogP contribution in [-0.4, -0.2) is 36.5 Å². The predicted octanol–water partition coefficient (Wildman–Crippen LogP) is 2.87. The van der Waals surface area contributed by atoms with Crippen molar-refractivity contribution in [2.24, 2.45) is 0 Å². The van der Waals surface area contributed by atoms with Crippen molar-refractivity contribution < 1.29 is 9.47 Å². The molecule has 2 rings (SSSR count). The highest BCUT2D eigenvalue weighted by molar-refractivity contribution is 5.74. The van der Waals surface area contributed by atoms with E-state index in [0.29, 0.717) is 13.2 Å². The van der Waals surface area contributed by atoms with Gasteiger partial charge >= 0.3 is 0 Å². The zero-order chi connectivity index (χ0) is 13.3. The summed E-state index contributed by atoms with van der Waals surface area (Å²) < 4.78 is 12.6. The minimum absolute atomic E-state index is 0.682. The number of methoxy groups -OCH3 is 1. The first-order valence-corrected chi connectivity index (χ1v) is 6.88. The number of hydrogen-bond acceptors (Lipinski definition) is 3. The second kappa shape index (κ2) is 7.92. The van der Waals surface area contributed by atoms with E-state index >= 15 is 0 Å². The van der Waals surface area contributed by atoms with Crippen molar-refractivity contribution in [3.63, 3.8) is 0 Å². The fraction of sp³-hybridized carbons (Fsp3) is 0.533. The normalized spacial score (nSPS) is 11.2. The number of aromatic nitrogens is 2. The second-order valence-corrected chi connectivity index (χ2v) is 4.59. The molecule has 0 aliphatic carbocycles. The summed E-state index contributed by atoms with van der Waals surface area (Å²) in [6.45, 7) is 3.23. The molecule has 104 valence electrons. The largest absolute Gasteiger partial charge is 0.382 e. The molecule has 0 unspecified atom stereocenters. The maximum Gasteiger partial charge on any atom is 0.0958 e. The van der Waals surface area contributed by atoms with Gasteiger partial charge in [0.15, 0.2) is 0 Å². The summed E-state index contributed by atoms with van der Waals surface area (Å²) in [4.78, 5) is 4.39. The highest BCUT2D eigenvalue weighted by Gasteiger charge is 2.00. The smallest absolute Gasteiger partial charge is 0.0958 e. The van der Waals surface area contributed by atoms with E-state index < -0.39 is 0 Å². The molecule has 0 spiro atoms. The van der Waals surface area contributed by atoms with Crippen LogP contribution < -0.4 is 0 Å². The average Bonchev–Trinajstić information content (AvgIpc) is 2.85. The Labute approximate surface area is 114 Å². The maximum absolute atomic E-state index is 5.44. The predicted molar refractivity (Wildman–Crippen MR) is 76.3 cm³/mol. The summed E-state index contributed by atoms with van der Waals surface area (Å²) in [6.07, 6.45) is 5.38. The topological polar surface area (TPSA) is 36.3 Å². The van der Waals surface area contributed by atoms with Crippen molar-refractivity contribution in [2.45, 2.75) is 25.8 Å². The van der Waals surface area contributed by atoms with Crippen molar-refractivity contribution in [3.05, 3.63) is 30.6 Å². The van der Waals surface area contributed by atoms with Gasteiger partial charge in [0.25, 0.3) is 0 Å². The van der Waals surface area contributed by atoms with E-state index in [9.17, 15) is 0 Å². The molecule has 0 bridgehead atoms. The lowest BCUT2D eigenvalue weighted by Gasteiger charge is -2.05. The number of benzene rings is 1. The van der Waals surface area contributed by atoms with E-state index in [1.165, 1.54) is 11.9 Å². The highest BCUT2D eigenvalue weighted by atomic mass is 16.5. The van der Waals surface area contributed by atoms with Crippen LogP contribution in [0, 0.1) is 0 Å². The molecule has 2 aromatic rings. The third kappa shape index (κ3) is 4.33. The molecule has 4 heteroatoms. The first-order valence-electron chi connectivity index (χ1n) is 6.88. The van der Waals surface area contributed by atoms with E-state index in [2.05, 4.69) is 27.8 Å². The molecule has 0 N–H and O–H groups in total. The molecule has 0 aliphatic heterocycles. The zero-order valence-electron chi connectivity index (χ0n) is 11.5. The molecule has 1 aromatic carbocycles. The molecular weight excluding hydrogens is 240 g/mol. The van der Waals surface area contributed by atoms with Crippen molar-refractivity contribution in [2.75, 3.05) is 26.9 Å². The van der Waals surface area contributed by atoms with Gasteiger partial charge in [0, 0.05) is 20.3 Å². The van der Waals surface area contributed by atoms with E-state index in [0.717, 1.165) is 31.5 Å². The van der Waals surface area contributed by atoms with Crippen LogP contribution in [-0.2, 0) is 16.0 Å². The number of unbranched alkanes of at least 4 members (excludes halogenated alkanes) is 2. The SMILES string of the molecule is COCCOCCCCCn1cnc2ccccc21. The lowest BCUT2D eigenvalue weighted by atomic mass is 10.2. The molecule has 0 saturated heterocycles. The zero-order valence-corrected chi connectivity index (χ0v) is 11.5. The second-order valence-electron chi connectivity index (χ2n) is 4.59. The van der Waals surface area contributed by atoms with Crippen LogP contribution in [0.3, 0.4) is 0 Å². The van der Waals surface area contributed by atoms with Crippen molar-refractivity contribution in [3.8, 4) is 0 Å². The minimum Gasteiger partial charge on any atom is -0.382 e. The Morgan fingerprint density at radius 2 is 1.95 bits per heavy atom. The Hall–Kier alpha value is -1.39. The van der Waals surface area contributed by atoms with Crippen LogP contribution in [0.1, 0.15) is 19.3 Å². The summed E-state index contributed by atoms with van der Waals surface area (Å²) in [5.74, 6) is 0. The van der Waals surface area contributed by atoms with Gasteiger partial charge in [-0.3, -0.25) is 0 Å². The average molecular weight is 262 g/mol. The van der Waals surface area contributed by atoms with Crippen LogP contribution in [0.25, 0.3) is 11.0 Å². The molecule has 1 aromatic heterocycles. The fourth-order valence-electron chi connectivity index (χ4n) is 2.10. The van der Waals surface area contributed by atoms with Gasteiger partial charge in [-0.05, 0) is 31.4 Å². The molecule has 0 amide bonds. The molecule has 0 saturated carbocycles. The number of rotatable bonds is 9. The van der Waals surface area contributed by atoms with Gasteiger partial charge in [-0.15, -0.1) is 0 Å². The van der Waals surface area contributed by atoms with Gasteiger partial charge in [0.05, 0.1) is 30.6 Å². The highest BCUT2D eigenvalue weighted by Crippen LogP contribution is 2.12. The maximum atomic E-state index is 5.44. The third-order valence-corrected chi connectivity index (χ3v) is 3.15. The Morgan fingerprint density at radius 3 is 2.84 bits per heavy atom. The van der Waals surface area contributed by atoms with Gasteiger partial charge in [-0.2, -0.15) is 0 Å². The van der Waals surface area contributed by atoms with Gasteiger partial charge in [-0.25, -0.2) is 4.98 Å². The monoisotopic (exact) mass is 262 g/mol. The molecule has 1 heterocycles. The van der Waals surface area contributed by atoms with Crippen LogP contribution in [0.15, 0.2) is 30.6 Å². The number of hydrogen-bond donors (Lipinski definition) is 0. The van der Waals surface area contributed by atoms with Crippen LogP contribution in [0.5, 0.6) is 0 Å². The van der Waals surface area contributed by atoms with Gasteiger partial charge in [0.1, 0.15) is 0 Å². The molecule has 19 heavy (non-hydrogen) atoms. The standard InChI is InChI=1S/C15H22N2O2/c1-18-11-12-19-10-6-2-5-9-17-13-16-14-7-3-4-8-15(14)17/h3-4,7-8,13H,2,5-6,9-12H2,1H3. The number of fused-ring (bicyclic) bond motifs is 1. The number of para-hydroxylation sites is 2. The lowest BCUT2D eigenvalue weighted by Crippen LogP contribution is -2.03. The van der Waals surface area contributed by atoms with E-state index in [-0.39, 0.29) is 0 Å². The lowest BCUT2D eigenvalue weighted by molar-refractivity contribution is 0.0685. The Bertz CT molecular complexity index is 482. The fourth-order valence-corrected chi connectivity index (χ4v) is 2.10. The van der Waals surface area contributed by atoms with Crippen molar-refractivity contribution in [1.29, 1.82) is 0 Å².